The molecule has 2 aliphatic rings. The van der Waals surface area contributed by atoms with Crippen LogP contribution < -0.4 is 10.4 Å². The third-order valence-electron chi connectivity index (χ3n) is 7.15. The second-order valence-corrected chi connectivity index (χ2v) is 14.5. The molecule has 4 rings (SSSR count). The number of aliphatic hydroxyl groups excluding tert-OH is 2. The van der Waals surface area contributed by atoms with E-state index >= 15 is 0 Å². The molecule has 0 spiro atoms. The third-order valence-corrected chi connectivity index (χ3v) is 11.4. The van der Waals surface area contributed by atoms with Crippen molar-refractivity contribution in [1.82, 2.24) is 0 Å². The van der Waals surface area contributed by atoms with E-state index < -0.39 is 50.4 Å². The van der Waals surface area contributed by atoms with Crippen molar-refractivity contribution in [2.45, 2.75) is 95.6 Å². The van der Waals surface area contributed by atoms with E-state index in [2.05, 4.69) is 55.5 Å². The maximum Gasteiger partial charge on any atom is 0.255 e. The van der Waals surface area contributed by atoms with Crippen molar-refractivity contribution in [2.24, 2.45) is 0 Å². The fraction of sp³-hybridized carbons (Fsp3) is 0.586. The maximum absolute atomic E-state index is 11.4. The standard InChI is InChI=1S/C29H42O7Si/c1-6-7-18-37(21-14-10-8-11-15-21,22-16-12-9-13-17-22)32-20-24-27(36-29(4,5)34-24)25(31)26-23(19-30)33-28(2,3)35-26/h8-17,23-27,30-31H,6-7,18-20H2,1-5H3/t23-,24+,25-,26+,27+/m0/s1. The Balaban J connectivity index is 1.63. The van der Waals surface area contributed by atoms with Crippen LogP contribution in [0.2, 0.25) is 6.04 Å². The Hall–Kier alpha value is -1.62. The van der Waals surface area contributed by atoms with Crippen LogP contribution in [-0.2, 0) is 23.4 Å². The molecule has 5 atom stereocenters. The number of benzene rings is 2. The zero-order valence-electron chi connectivity index (χ0n) is 22.6. The average Bonchev–Trinajstić information content (AvgIpc) is 3.39. The highest BCUT2D eigenvalue weighted by molar-refractivity contribution is 6.97. The molecule has 37 heavy (non-hydrogen) atoms. The molecule has 2 aromatic rings. The first-order chi connectivity index (χ1) is 17.6. The number of hydrogen-bond acceptors (Lipinski definition) is 7. The summed E-state index contributed by atoms with van der Waals surface area (Å²) in [6, 6.07) is 21.9. The van der Waals surface area contributed by atoms with Crippen LogP contribution in [0.15, 0.2) is 60.7 Å². The molecule has 2 aliphatic heterocycles. The largest absolute Gasteiger partial charge is 0.405 e. The van der Waals surface area contributed by atoms with Gasteiger partial charge in [0, 0.05) is 0 Å². The first-order valence-electron chi connectivity index (χ1n) is 13.4. The minimum Gasteiger partial charge on any atom is -0.405 e. The van der Waals surface area contributed by atoms with Gasteiger partial charge in [-0.1, -0.05) is 80.4 Å². The summed E-state index contributed by atoms with van der Waals surface area (Å²) in [5, 5.41) is 23.7. The molecule has 7 nitrogen and oxygen atoms in total. The molecule has 2 saturated heterocycles. The normalized spacial score (nSPS) is 27.9. The van der Waals surface area contributed by atoms with Gasteiger partial charge < -0.3 is 33.6 Å². The summed E-state index contributed by atoms with van der Waals surface area (Å²) in [6.45, 7) is 9.40. The van der Waals surface area contributed by atoms with E-state index in [1.54, 1.807) is 13.8 Å². The van der Waals surface area contributed by atoms with Crippen LogP contribution in [0.3, 0.4) is 0 Å². The van der Waals surface area contributed by atoms with E-state index in [0.29, 0.717) is 0 Å². The van der Waals surface area contributed by atoms with E-state index in [4.69, 9.17) is 23.4 Å². The molecule has 0 bridgehead atoms. The van der Waals surface area contributed by atoms with Gasteiger partial charge in [-0.15, -0.1) is 0 Å². The predicted octanol–water partition coefficient (Wildman–Crippen LogP) is 2.96. The summed E-state index contributed by atoms with van der Waals surface area (Å²) in [6.07, 6.45) is -1.63. The molecule has 2 N–H and O–H groups in total. The van der Waals surface area contributed by atoms with Crippen molar-refractivity contribution < 1.29 is 33.6 Å². The average molecular weight is 531 g/mol. The molecule has 0 unspecified atom stereocenters. The molecule has 0 radical (unpaired) electrons. The monoisotopic (exact) mass is 530 g/mol. The quantitative estimate of drug-likeness (QED) is 0.432. The number of rotatable bonds is 11. The van der Waals surface area contributed by atoms with Gasteiger partial charge in [0.25, 0.3) is 8.32 Å². The van der Waals surface area contributed by atoms with Crippen molar-refractivity contribution in [2.75, 3.05) is 13.2 Å². The van der Waals surface area contributed by atoms with Gasteiger partial charge in [0.15, 0.2) is 11.6 Å². The Morgan fingerprint density at radius 1 is 0.811 bits per heavy atom. The molecule has 0 saturated carbocycles. The lowest BCUT2D eigenvalue weighted by Crippen LogP contribution is -2.62. The van der Waals surface area contributed by atoms with Crippen LogP contribution in [0.5, 0.6) is 0 Å². The van der Waals surface area contributed by atoms with Crippen molar-refractivity contribution in [3.05, 3.63) is 60.7 Å². The minimum atomic E-state index is -2.63. The molecule has 8 heteroatoms. The second-order valence-electron chi connectivity index (χ2n) is 10.9. The lowest BCUT2D eigenvalue weighted by Gasteiger charge is -2.35. The van der Waals surface area contributed by atoms with Crippen LogP contribution in [0, 0.1) is 0 Å². The smallest absolute Gasteiger partial charge is 0.255 e. The molecule has 0 aromatic heterocycles. The summed E-state index contributed by atoms with van der Waals surface area (Å²) in [5.41, 5.74) is 0. The summed E-state index contributed by atoms with van der Waals surface area (Å²) >= 11 is 0. The topological polar surface area (TPSA) is 86.6 Å². The van der Waals surface area contributed by atoms with E-state index in [-0.39, 0.29) is 13.2 Å². The number of aliphatic hydroxyl groups is 2. The molecule has 204 valence electrons. The van der Waals surface area contributed by atoms with Gasteiger partial charge in [0.2, 0.25) is 0 Å². The fourth-order valence-corrected chi connectivity index (χ4v) is 9.67. The maximum atomic E-state index is 11.4. The highest BCUT2D eigenvalue weighted by atomic mass is 28.4. The molecule has 2 heterocycles. The van der Waals surface area contributed by atoms with Gasteiger partial charge in [-0.3, -0.25) is 0 Å². The fourth-order valence-electron chi connectivity index (χ4n) is 5.52. The number of unbranched alkanes of at least 4 members (excludes halogenated alkanes) is 1. The van der Waals surface area contributed by atoms with Crippen LogP contribution in [0.25, 0.3) is 0 Å². The van der Waals surface area contributed by atoms with Gasteiger partial charge in [-0.25, -0.2) is 0 Å². The highest BCUT2D eigenvalue weighted by Crippen LogP contribution is 2.37. The van der Waals surface area contributed by atoms with Gasteiger partial charge in [-0.2, -0.15) is 0 Å². The molecular formula is C29H42O7Si. The number of ether oxygens (including phenoxy) is 4. The van der Waals surface area contributed by atoms with Crippen molar-refractivity contribution in [1.29, 1.82) is 0 Å². The molecule has 2 fully saturated rings. The SMILES string of the molecule is CCCC[Si](OC[C@H]1OC(C)(C)O[C@H]1[C@@H](O)[C@@H]1OC(C)(C)O[C@H]1CO)(c1ccccc1)c1ccccc1. The molecular weight excluding hydrogens is 488 g/mol. The van der Waals surface area contributed by atoms with Crippen LogP contribution >= 0.6 is 0 Å². The van der Waals surface area contributed by atoms with E-state index in [0.717, 1.165) is 18.9 Å². The van der Waals surface area contributed by atoms with Crippen molar-refractivity contribution in [3.8, 4) is 0 Å². The van der Waals surface area contributed by atoms with E-state index in [9.17, 15) is 10.2 Å². The molecule has 2 aromatic carbocycles. The third kappa shape index (κ3) is 6.34. The summed E-state index contributed by atoms with van der Waals surface area (Å²) < 4.78 is 31.3. The highest BCUT2D eigenvalue weighted by Gasteiger charge is 2.53. The van der Waals surface area contributed by atoms with Crippen LogP contribution in [0.1, 0.15) is 47.5 Å². The lowest BCUT2D eigenvalue weighted by molar-refractivity contribution is -0.179. The Kier molecular flexibility index (Phi) is 8.92. The van der Waals surface area contributed by atoms with Gasteiger partial charge in [0.1, 0.15) is 30.5 Å². The predicted molar refractivity (Wildman–Crippen MR) is 144 cm³/mol. The van der Waals surface area contributed by atoms with Crippen LogP contribution in [0.4, 0.5) is 0 Å². The van der Waals surface area contributed by atoms with Crippen molar-refractivity contribution in [3.63, 3.8) is 0 Å². The lowest BCUT2D eigenvalue weighted by atomic mass is 10.00. The van der Waals surface area contributed by atoms with E-state index in [1.165, 1.54) is 10.4 Å². The Morgan fingerprint density at radius 3 is 1.78 bits per heavy atom. The Labute approximate surface area is 221 Å². The van der Waals surface area contributed by atoms with Crippen molar-refractivity contribution >= 4 is 18.7 Å². The van der Waals surface area contributed by atoms with Crippen LogP contribution in [-0.4, -0.2) is 73.8 Å². The van der Waals surface area contributed by atoms with Gasteiger partial charge in [0.05, 0.1) is 13.2 Å². The first kappa shape index (κ1) is 28.4. The van der Waals surface area contributed by atoms with Gasteiger partial charge >= 0.3 is 0 Å². The second kappa shape index (κ2) is 11.6. The number of hydrogen-bond donors (Lipinski definition) is 2. The minimum absolute atomic E-state index is 0.256. The zero-order valence-corrected chi connectivity index (χ0v) is 23.6. The molecule has 0 aliphatic carbocycles. The zero-order chi connectivity index (χ0) is 26.7. The summed E-state index contributed by atoms with van der Waals surface area (Å²) in [5.74, 6) is -1.82. The summed E-state index contributed by atoms with van der Waals surface area (Å²) in [7, 11) is -2.63. The Morgan fingerprint density at radius 2 is 1.30 bits per heavy atom. The molecule has 0 amide bonds. The van der Waals surface area contributed by atoms with E-state index in [1.807, 2.05) is 26.0 Å². The first-order valence-corrected chi connectivity index (χ1v) is 15.5. The van der Waals surface area contributed by atoms with Gasteiger partial charge in [-0.05, 0) is 44.1 Å². The summed E-state index contributed by atoms with van der Waals surface area (Å²) in [4.78, 5) is 0. The Bertz CT molecular complexity index is 945.